The summed E-state index contributed by atoms with van der Waals surface area (Å²) in [6, 6.07) is 10.1. The maximum absolute atomic E-state index is 11.7. The number of carbonyl (C=O) groups is 1. The van der Waals surface area contributed by atoms with Crippen LogP contribution in [0.5, 0.6) is 0 Å². The van der Waals surface area contributed by atoms with E-state index in [0.717, 1.165) is 19.5 Å². The first-order chi connectivity index (χ1) is 7.79. The van der Waals surface area contributed by atoms with Crippen molar-refractivity contribution in [3.05, 3.63) is 35.9 Å². The fraction of sp³-hybridized carbons (Fsp3) is 0.462. The maximum atomic E-state index is 11.7. The molecule has 1 fully saturated rings. The molecule has 0 bridgehead atoms. The number of hydrogen-bond donors (Lipinski definition) is 1. The molecule has 0 radical (unpaired) electrons. The molecule has 3 heteroatoms. The standard InChI is InChI=1S/C13H18N2O/c14-7-6-12-8-13(16)15(10-12)9-11-4-2-1-3-5-11/h1-5,12H,6-10,14H2. The number of likely N-dealkylation sites (tertiary alicyclic amines) is 1. The molecule has 0 aliphatic carbocycles. The minimum absolute atomic E-state index is 0.266. The smallest absolute Gasteiger partial charge is 0.223 e. The van der Waals surface area contributed by atoms with E-state index < -0.39 is 0 Å². The first-order valence-corrected chi connectivity index (χ1v) is 5.81. The molecule has 2 rings (SSSR count). The Morgan fingerprint density at radius 3 is 2.75 bits per heavy atom. The van der Waals surface area contributed by atoms with Gasteiger partial charge in [0.15, 0.2) is 0 Å². The van der Waals surface area contributed by atoms with Gasteiger partial charge in [0.1, 0.15) is 0 Å². The van der Waals surface area contributed by atoms with Gasteiger partial charge in [0.2, 0.25) is 5.91 Å². The Morgan fingerprint density at radius 1 is 1.31 bits per heavy atom. The summed E-state index contributed by atoms with van der Waals surface area (Å²) in [6.07, 6.45) is 1.63. The van der Waals surface area contributed by atoms with Crippen LogP contribution in [-0.2, 0) is 11.3 Å². The Hall–Kier alpha value is -1.35. The Morgan fingerprint density at radius 2 is 2.06 bits per heavy atom. The minimum atomic E-state index is 0.266. The van der Waals surface area contributed by atoms with Gasteiger partial charge in [0.05, 0.1) is 0 Å². The van der Waals surface area contributed by atoms with Crippen molar-refractivity contribution in [2.45, 2.75) is 19.4 Å². The van der Waals surface area contributed by atoms with Crippen LogP contribution in [0.1, 0.15) is 18.4 Å². The topological polar surface area (TPSA) is 46.3 Å². The second-order valence-corrected chi connectivity index (χ2v) is 4.41. The van der Waals surface area contributed by atoms with Gasteiger partial charge in [-0.3, -0.25) is 4.79 Å². The van der Waals surface area contributed by atoms with E-state index in [0.29, 0.717) is 18.9 Å². The summed E-state index contributed by atoms with van der Waals surface area (Å²) in [7, 11) is 0. The Bertz CT molecular complexity index is 350. The number of benzene rings is 1. The lowest BCUT2D eigenvalue weighted by molar-refractivity contribution is -0.128. The van der Waals surface area contributed by atoms with Crippen LogP contribution in [0.25, 0.3) is 0 Å². The molecule has 86 valence electrons. The largest absolute Gasteiger partial charge is 0.338 e. The third-order valence-electron chi connectivity index (χ3n) is 3.09. The van der Waals surface area contributed by atoms with E-state index in [1.54, 1.807) is 0 Å². The van der Waals surface area contributed by atoms with Gasteiger partial charge >= 0.3 is 0 Å². The maximum Gasteiger partial charge on any atom is 0.223 e. The normalized spacial score (nSPS) is 20.4. The summed E-state index contributed by atoms with van der Waals surface area (Å²) < 4.78 is 0. The van der Waals surface area contributed by atoms with E-state index in [1.807, 2.05) is 23.1 Å². The van der Waals surface area contributed by atoms with Crippen LogP contribution in [-0.4, -0.2) is 23.9 Å². The van der Waals surface area contributed by atoms with Gasteiger partial charge in [-0.15, -0.1) is 0 Å². The summed E-state index contributed by atoms with van der Waals surface area (Å²) in [5.41, 5.74) is 6.72. The van der Waals surface area contributed by atoms with Crippen molar-refractivity contribution >= 4 is 5.91 Å². The SMILES string of the molecule is NCCC1CC(=O)N(Cc2ccccc2)C1. The molecular weight excluding hydrogens is 200 g/mol. The molecule has 3 nitrogen and oxygen atoms in total. The molecule has 0 saturated carbocycles. The number of nitrogens with zero attached hydrogens (tertiary/aromatic N) is 1. The minimum Gasteiger partial charge on any atom is -0.338 e. The van der Waals surface area contributed by atoms with Crippen LogP contribution >= 0.6 is 0 Å². The Kier molecular flexibility index (Phi) is 3.57. The first-order valence-electron chi connectivity index (χ1n) is 5.81. The summed E-state index contributed by atoms with van der Waals surface area (Å²) in [4.78, 5) is 13.7. The van der Waals surface area contributed by atoms with Crippen LogP contribution < -0.4 is 5.73 Å². The van der Waals surface area contributed by atoms with E-state index in [1.165, 1.54) is 5.56 Å². The van der Waals surface area contributed by atoms with Crippen LogP contribution in [0.2, 0.25) is 0 Å². The average molecular weight is 218 g/mol. The van der Waals surface area contributed by atoms with E-state index >= 15 is 0 Å². The quantitative estimate of drug-likeness (QED) is 0.830. The van der Waals surface area contributed by atoms with Gasteiger partial charge in [-0.1, -0.05) is 30.3 Å². The van der Waals surface area contributed by atoms with E-state index in [9.17, 15) is 4.79 Å². The number of amides is 1. The van der Waals surface area contributed by atoms with Crippen molar-refractivity contribution in [1.29, 1.82) is 0 Å². The van der Waals surface area contributed by atoms with Crippen LogP contribution in [0.3, 0.4) is 0 Å². The summed E-state index contributed by atoms with van der Waals surface area (Å²) in [6.45, 7) is 2.28. The summed E-state index contributed by atoms with van der Waals surface area (Å²) >= 11 is 0. The lowest BCUT2D eigenvalue weighted by Gasteiger charge is -2.16. The number of rotatable bonds is 4. The fourth-order valence-corrected chi connectivity index (χ4v) is 2.24. The number of nitrogens with two attached hydrogens (primary N) is 1. The molecule has 1 amide bonds. The molecule has 16 heavy (non-hydrogen) atoms. The van der Waals surface area contributed by atoms with Crippen molar-refractivity contribution in [1.82, 2.24) is 4.90 Å². The molecule has 1 saturated heterocycles. The van der Waals surface area contributed by atoms with E-state index in [2.05, 4.69) is 12.1 Å². The first kappa shape index (κ1) is 11.1. The highest BCUT2D eigenvalue weighted by atomic mass is 16.2. The molecule has 1 aromatic carbocycles. The third-order valence-corrected chi connectivity index (χ3v) is 3.09. The summed E-state index contributed by atoms with van der Waals surface area (Å²) in [5.74, 6) is 0.725. The molecule has 1 aliphatic heterocycles. The Labute approximate surface area is 96.2 Å². The van der Waals surface area contributed by atoms with E-state index in [4.69, 9.17) is 5.73 Å². The monoisotopic (exact) mass is 218 g/mol. The fourth-order valence-electron chi connectivity index (χ4n) is 2.24. The third kappa shape index (κ3) is 2.61. The molecule has 1 heterocycles. The highest BCUT2D eigenvalue weighted by molar-refractivity contribution is 5.78. The molecule has 0 aromatic heterocycles. The van der Waals surface area contributed by atoms with Crippen molar-refractivity contribution in [3.8, 4) is 0 Å². The van der Waals surface area contributed by atoms with Crippen LogP contribution in [0.4, 0.5) is 0 Å². The van der Waals surface area contributed by atoms with Crippen molar-refractivity contribution in [3.63, 3.8) is 0 Å². The van der Waals surface area contributed by atoms with Crippen molar-refractivity contribution in [2.24, 2.45) is 11.7 Å². The zero-order valence-corrected chi connectivity index (χ0v) is 9.43. The van der Waals surface area contributed by atoms with Gasteiger partial charge in [0, 0.05) is 19.5 Å². The lowest BCUT2D eigenvalue weighted by atomic mass is 10.1. The average Bonchev–Trinajstić information content (AvgIpc) is 2.61. The molecule has 1 atom stereocenters. The molecule has 0 spiro atoms. The Balaban J connectivity index is 1.94. The van der Waals surface area contributed by atoms with Gasteiger partial charge in [-0.2, -0.15) is 0 Å². The molecule has 1 aliphatic rings. The molecule has 1 unspecified atom stereocenters. The van der Waals surface area contributed by atoms with Crippen molar-refractivity contribution < 1.29 is 4.79 Å². The van der Waals surface area contributed by atoms with Gasteiger partial charge < -0.3 is 10.6 Å². The highest BCUT2D eigenvalue weighted by Gasteiger charge is 2.28. The predicted molar refractivity (Wildman–Crippen MR) is 63.6 cm³/mol. The predicted octanol–water partition coefficient (Wildman–Crippen LogP) is 1.38. The van der Waals surface area contributed by atoms with E-state index in [-0.39, 0.29) is 5.91 Å². The second-order valence-electron chi connectivity index (χ2n) is 4.41. The summed E-state index contributed by atoms with van der Waals surface area (Å²) in [5, 5.41) is 0. The molecule has 1 aromatic rings. The van der Waals surface area contributed by atoms with Gasteiger partial charge in [-0.25, -0.2) is 0 Å². The van der Waals surface area contributed by atoms with Crippen molar-refractivity contribution in [2.75, 3.05) is 13.1 Å². The second kappa shape index (κ2) is 5.12. The van der Waals surface area contributed by atoms with Crippen LogP contribution in [0.15, 0.2) is 30.3 Å². The molecule has 2 N–H and O–H groups in total. The zero-order valence-electron chi connectivity index (χ0n) is 9.43. The molecular formula is C13H18N2O. The number of carbonyl (C=O) groups excluding carboxylic acids is 1. The number of hydrogen-bond acceptors (Lipinski definition) is 2. The van der Waals surface area contributed by atoms with Crippen LogP contribution in [0, 0.1) is 5.92 Å². The highest BCUT2D eigenvalue weighted by Crippen LogP contribution is 2.22. The van der Waals surface area contributed by atoms with Gasteiger partial charge in [0.25, 0.3) is 0 Å². The van der Waals surface area contributed by atoms with Gasteiger partial charge in [-0.05, 0) is 24.4 Å². The lowest BCUT2D eigenvalue weighted by Crippen LogP contribution is -2.24. The zero-order chi connectivity index (χ0) is 11.4.